The molecule has 5 heterocycles. The molecule has 10 nitrogen and oxygen atoms in total. The molecular formula is C30H31N3O7S. The number of carbonyl (C=O) groups is 2. The van der Waals surface area contributed by atoms with Crippen LogP contribution in [0.2, 0.25) is 0 Å². The summed E-state index contributed by atoms with van der Waals surface area (Å²) in [4.78, 5) is 29.9. The van der Waals surface area contributed by atoms with Crippen LogP contribution in [-0.2, 0) is 20.7 Å². The Morgan fingerprint density at radius 3 is 2.59 bits per heavy atom. The van der Waals surface area contributed by atoms with E-state index in [0.29, 0.717) is 23.7 Å². The molecule has 0 unspecified atom stereocenters. The first-order valence-corrected chi connectivity index (χ1v) is 14.8. The van der Waals surface area contributed by atoms with Crippen molar-refractivity contribution in [3.05, 3.63) is 45.0 Å². The average molecular weight is 578 g/mol. The fraction of sp³-hybridized carbons (Fsp3) is 0.500. The van der Waals surface area contributed by atoms with Crippen molar-refractivity contribution < 1.29 is 33.6 Å². The molecule has 4 bridgehead atoms. The van der Waals surface area contributed by atoms with Crippen molar-refractivity contribution in [1.29, 1.82) is 5.26 Å². The van der Waals surface area contributed by atoms with Crippen molar-refractivity contribution in [2.75, 3.05) is 33.3 Å². The number of cyclic esters (lactones) is 1. The van der Waals surface area contributed by atoms with Crippen LogP contribution in [0.25, 0.3) is 0 Å². The van der Waals surface area contributed by atoms with Crippen LogP contribution >= 0.6 is 11.8 Å². The van der Waals surface area contributed by atoms with Gasteiger partial charge in [0.05, 0.1) is 31.0 Å². The molecule has 0 amide bonds. The van der Waals surface area contributed by atoms with E-state index in [1.807, 2.05) is 27.8 Å². The Morgan fingerprint density at radius 1 is 1.10 bits per heavy atom. The number of ether oxygens (including phenoxy) is 4. The molecule has 7 rings (SSSR count). The van der Waals surface area contributed by atoms with Crippen LogP contribution in [0, 0.1) is 32.1 Å². The standard InChI is InChI=1S/C30H31N3O7S/c1-12-6-15-7-16-17(8-31)33-18-9-38-30(36)19(34)10-41-29(20-13(2)14(3)27-28(22(18)20)40-11-39-27)24(33)23(32(16)4)21(15)25(35)26(12)37-5/h6,16-18,23-24,29,35H,7,9-11H2,1-5H3/t16-,17+,18+,23-,24+,29-/m1/s1. The van der Waals surface area contributed by atoms with Gasteiger partial charge in [-0.15, -0.1) is 11.8 Å². The highest BCUT2D eigenvalue weighted by Gasteiger charge is 2.60. The predicted octanol–water partition coefficient (Wildman–Crippen LogP) is 3.18. The molecule has 5 aliphatic heterocycles. The molecule has 6 atom stereocenters. The van der Waals surface area contributed by atoms with Crippen molar-refractivity contribution in [1.82, 2.24) is 9.80 Å². The number of phenolic OH excluding ortho intramolecular Hbond substituents is 1. The van der Waals surface area contributed by atoms with Crippen LogP contribution < -0.4 is 14.2 Å². The number of hydrogen-bond acceptors (Lipinski definition) is 11. The quantitative estimate of drug-likeness (QED) is 0.397. The van der Waals surface area contributed by atoms with E-state index in [0.717, 1.165) is 38.9 Å². The highest BCUT2D eigenvalue weighted by molar-refractivity contribution is 8.00. The predicted molar refractivity (Wildman–Crippen MR) is 148 cm³/mol. The fourth-order valence-electron chi connectivity index (χ4n) is 7.85. The van der Waals surface area contributed by atoms with Gasteiger partial charge in [-0.3, -0.25) is 14.6 Å². The van der Waals surface area contributed by atoms with Crippen LogP contribution in [0.1, 0.15) is 56.3 Å². The van der Waals surface area contributed by atoms with Gasteiger partial charge in [-0.25, -0.2) is 4.79 Å². The van der Waals surface area contributed by atoms with E-state index < -0.39 is 23.8 Å². The molecule has 0 spiro atoms. The number of methoxy groups -OCH3 is 1. The van der Waals surface area contributed by atoms with Gasteiger partial charge in [0.2, 0.25) is 12.6 Å². The second kappa shape index (κ2) is 9.28. The zero-order valence-corrected chi connectivity index (χ0v) is 24.3. The number of phenols is 1. The van der Waals surface area contributed by atoms with Crippen LogP contribution in [0.5, 0.6) is 23.0 Å². The van der Waals surface area contributed by atoms with Gasteiger partial charge in [-0.2, -0.15) is 5.26 Å². The lowest BCUT2D eigenvalue weighted by atomic mass is 9.71. The number of hydrogen-bond donors (Lipinski definition) is 1. The second-order valence-corrected chi connectivity index (χ2v) is 12.6. The number of ketones is 1. The van der Waals surface area contributed by atoms with E-state index in [1.165, 1.54) is 11.8 Å². The Bertz CT molecular complexity index is 1570. The molecule has 1 N–H and O–H groups in total. The van der Waals surface area contributed by atoms with E-state index in [2.05, 4.69) is 21.9 Å². The van der Waals surface area contributed by atoms with Gasteiger partial charge >= 0.3 is 5.97 Å². The minimum Gasteiger partial charge on any atom is -0.504 e. The highest BCUT2D eigenvalue weighted by Crippen LogP contribution is 2.62. The third-order valence-electron chi connectivity index (χ3n) is 9.68. The van der Waals surface area contributed by atoms with Gasteiger partial charge in [0, 0.05) is 28.5 Å². The lowest BCUT2D eigenvalue weighted by Gasteiger charge is -2.61. The normalized spacial score (nSPS) is 30.1. The molecule has 0 radical (unpaired) electrons. The number of piperazine rings is 1. The van der Waals surface area contributed by atoms with Gasteiger partial charge in [-0.1, -0.05) is 6.07 Å². The van der Waals surface area contributed by atoms with Gasteiger partial charge in [-0.05, 0) is 62.1 Å². The maximum Gasteiger partial charge on any atom is 0.375 e. The van der Waals surface area contributed by atoms with E-state index in [9.17, 15) is 20.0 Å². The summed E-state index contributed by atoms with van der Waals surface area (Å²) in [6.45, 7) is 5.92. The van der Waals surface area contributed by atoms with E-state index in [4.69, 9.17) is 18.9 Å². The minimum absolute atomic E-state index is 0.0714. The summed E-state index contributed by atoms with van der Waals surface area (Å²) < 4.78 is 23.3. The molecule has 11 heteroatoms. The maximum absolute atomic E-state index is 12.8. The van der Waals surface area contributed by atoms with Crippen molar-refractivity contribution in [3.63, 3.8) is 0 Å². The molecule has 0 aromatic heterocycles. The van der Waals surface area contributed by atoms with Crippen molar-refractivity contribution in [3.8, 4) is 29.1 Å². The number of aromatic hydroxyl groups is 1. The summed E-state index contributed by atoms with van der Waals surface area (Å²) in [6, 6.07) is 2.67. The van der Waals surface area contributed by atoms with Crippen LogP contribution in [0.3, 0.4) is 0 Å². The first-order chi connectivity index (χ1) is 19.7. The summed E-state index contributed by atoms with van der Waals surface area (Å²) in [7, 11) is 3.56. The zero-order valence-electron chi connectivity index (χ0n) is 23.5. The molecular weight excluding hydrogens is 546 g/mol. The van der Waals surface area contributed by atoms with Crippen LogP contribution in [0.15, 0.2) is 6.07 Å². The zero-order chi connectivity index (χ0) is 28.9. The Balaban J connectivity index is 1.55. The molecule has 2 aromatic carbocycles. The molecule has 0 saturated carbocycles. The molecule has 5 aliphatic rings. The van der Waals surface area contributed by atoms with Gasteiger partial charge < -0.3 is 24.1 Å². The number of nitriles is 1. The summed E-state index contributed by atoms with van der Waals surface area (Å²) in [6.07, 6.45) is 0.558. The first kappa shape index (κ1) is 26.4. The topological polar surface area (TPSA) is 122 Å². The second-order valence-electron chi connectivity index (χ2n) is 11.5. The van der Waals surface area contributed by atoms with Gasteiger partial charge in [0.25, 0.3) is 0 Å². The molecule has 214 valence electrons. The number of fused-ring (bicyclic) bond motifs is 9. The largest absolute Gasteiger partial charge is 0.504 e. The third-order valence-corrected chi connectivity index (χ3v) is 11.0. The highest BCUT2D eigenvalue weighted by atomic mass is 32.2. The molecule has 2 aromatic rings. The summed E-state index contributed by atoms with van der Waals surface area (Å²) >= 11 is 1.38. The number of benzene rings is 2. The number of rotatable bonds is 1. The summed E-state index contributed by atoms with van der Waals surface area (Å²) in [5.41, 5.74) is 6.45. The van der Waals surface area contributed by atoms with Crippen molar-refractivity contribution >= 4 is 23.5 Å². The Labute approximate surface area is 242 Å². The smallest absolute Gasteiger partial charge is 0.375 e. The van der Waals surface area contributed by atoms with Crippen LogP contribution in [0.4, 0.5) is 0 Å². The average Bonchev–Trinajstić information content (AvgIpc) is 3.44. The molecule has 2 saturated heterocycles. The van der Waals surface area contributed by atoms with Crippen molar-refractivity contribution in [2.24, 2.45) is 0 Å². The van der Waals surface area contributed by atoms with E-state index >= 15 is 0 Å². The third kappa shape index (κ3) is 3.44. The lowest BCUT2D eigenvalue weighted by molar-refractivity contribution is -0.157. The lowest BCUT2D eigenvalue weighted by Crippen LogP contribution is -2.69. The number of aryl methyl sites for hydroxylation is 1. The number of nitrogens with zero attached hydrogens (tertiary/aromatic N) is 3. The molecule has 41 heavy (non-hydrogen) atoms. The number of esters is 1. The maximum atomic E-state index is 12.8. The SMILES string of the molecule is COc1c(C)cc2c(c1O)[C@@H]1[C@H]3[C@@H]4SCC(=O)C(=O)OC[C@@H](c5c6c(c(C)c(C)c54)OCO6)N3[C@@H](C#N)[C@@H](C2)N1C. The van der Waals surface area contributed by atoms with Gasteiger partial charge in [0.1, 0.15) is 12.6 Å². The number of thioether (sulfide) groups is 1. The van der Waals surface area contributed by atoms with E-state index in [-0.39, 0.29) is 48.3 Å². The van der Waals surface area contributed by atoms with Crippen molar-refractivity contribution in [2.45, 2.75) is 62.7 Å². The summed E-state index contributed by atoms with van der Waals surface area (Å²) in [5.74, 6) is 0.286. The monoisotopic (exact) mass is 577 g/mol. The first-order valence-electron chi connectivity index (χ1n) is 13.7. The number of Topliss-reactive ketones (excluding diaryl/α,β-unsaturated/α-hetero) is 1. The van der Waals surface area contributed by atoms with Gasteiger partial charge in [0.15, 0.2) is 23.0 Å². The fourth-order valence-corrected chi connectivity index (χ4v) is 9.26. The van der Waals surface area contributed by atoms with E-state index in [1.54, 1.807) is 7.11 Å². The Hall–Kier alpha value is -3.46. The minimum atomic E-state index is -0.869. The molecule has 2 fully saturated rings. The summed E-state index contributed by atoms with van der Waals surface area (Å²) in [5, 5.41) is 22.1. The number of likely N-dealkylation sites (N-methyl/N-ethyl adjacent to an activating group) is 1. The number of carbonyl (C=O) groups excluding carboxylic acids is 2. The Morgan fingerprint density at radius 2 is 1.85 bits per heavy atom. The molecule has 0 aliphatic carbocycles. The Kier molecular flexibility index (Phi) is 5.98. The van der Waals surface area contributed by atoms with Crippen LogP contribution in [-0.4, -0.2) is 78.1 Å².